The van der Waals surface area contributed by atoms with Crippen LogP contribution in [-0.2, 0) is 16.9 Å². The third kappa shape index (κ3) is 8.03. The number of aliphatic imine (C=N–C) groups is 1. The predicted octanol–water partition coefficient (Wildman–Crippen LogP) is 3.35. The number of hydrogen-bond acceptors (Lipinski definition) is 4. The summed E-state index contributed by atoms with van der Waals surface area (Å²) in [7, 11) is 0. The molecule has 0 saturated carbocycles. The van der Waals surface area contributed by atoms with Gasteiger partial charge in [0, 0.05) is 18.0 Å². The molecule has 3 N–H and O–H groups in total. The van der Waals surface area contributed by atoms with Crippen LogP contribution in [0.5, 0.6) is 0 Å². The van der Waals surface area contributed by atoms with E-state index >= 15 is 0 Å². The van der Waals surface area contributed by atoms with Crippen LogP contribution in [0, 0.1) is 0 Å². The zero-order valence-electron chi connectivity index (χ0n) is 15.3. The quantitative estimate of drug-likeness (QED) is 0.219. The molecule has 26 heavy (non-hydrogen) atoms. The Bertz CT molecular complexity index is 633. The van der Waals surface area contributed by atoms with Gasteiger partial charge in [0.1, 0.15) is 5.60 Å². The van der Waals surface area contributed by atoms with Gasteiger partial charge in [0.25, 0.3) is 0 Å². The molecule has 0 amide bonds. The summed E-state index contributed by atoms with van der Waals surface area (Å²) in [5.41, 5.74) is 0.204. The van der Waals surface area contributed by atoms with E-state index in [1.54, 1.807) is 6.92 Å². The third-order valence-corrected chi connectivity index (χ3v) is 4.71. The second-order valence-corrected chi connectivity index (χ2v) is 6.86. The average molecular weight is 489 g/mol. The minimum absolute atomic E-state index is 0. The van der Waals surface area contributed by atoms with Gasteiger partial charge in [0.2, 0.25) is 0 Å². The Morgan fingerprint density at radius 3 is 2.62 bits per heavy atom. The van der Waals surface area contributed by atoms with E-state index in [-0.39, 0.29) is 24.0 Å². The molecule has 1 aromatic carbocycles. The lowest BCUT2D eigenvalue weighted by Gasteiger charge is -2.20. The van der Waals surface area contributed by atoms with Crippen molar-refractivity contribution in [1.29, 1.82) is 0 Å². The van der Waals surface area contributed by atoms with Crippen molar-refractivity contribution in [2.24, 2.45) is 4.99 Å². The average Bonchev–Trinajstić information content (AvgIpc) is 3.16. The highest BCUT2D eigenvalue weighted by Gasteiger charge is 2.23. The monoisotopic (exact) mass is 489 g/mol. The lowest BCUT2D eigenvalue weighted by molar-refractivity contribution is 0.0711. The van der Waals surface area contributed by atoms with Gasteiger partial charge in [-0.2, -0.15) is 0 Å². The maximum Gasteiger partial charge on any atom is 0.191 e. The zero-order valence-corrected chi connectivity index (χ0v) is 18.4. The van der Waals surface area contributed by atoms with Gasteiger partial charge in [-0.25, -0.2) is 4.99 Å². The van der Waals surface area contributed by atoms with Crippen LogP contribution in [-0.4, -0.2) is 37.3 Å². The number of thiophene rings is 1. The lowest BCUT2D eigenvalue weighted by atomic mass is 10.1. The first-order valence-electron chi connectivity index (χ1n) is 8.52. The van der Waals surface area contributed by atoms with E-state index < -0.39 is 5.60 Å². The Hall–Kier alpha value is -1.16. The number of aliphatic hydroxyl groups is 1. The van der Waals surface area contributed by atoms with Gasteiger partial charge in [0.05, 0.1) is 19.8 Å². The molecular weight excluding hydrogens is 461 g/mol. The van der Waals surface area contributed by atoms with Gasteiger partial charge < -0.3 is 20.5 Å². The molecule has 0 spiro atoms. The van der Waals surface area contributed by atoms with Crippen LogP contribution in [0.15, 0.2) is 52.8 Å². The van der Waals surface area contributed by atoms with Crippen molar-refractivity contribution in [3.63, 3.8) is 0 Å². The van der Waals surface area contributed by atoms with E-state index in [1.165, 1.54) is 11.3 Å². The van der Waals surface area contributed by atoms with Crippen molar-refractivity contribution >= 4 is 41.3 Å². The number of benzene rings is 1. The molecule has 0 fully saturated rings. The van der Waals surface area contributed by atoms with Crippen LogP contribution >= 0.6 is 35.3 Å². The Labute approximate surface area is 176 Å². The maximum atomic E-state index is 10.6. The molecule has 0 aliphatic carbocycles. The summed E-state index contributed by atoms with van der Waals surface area (Å²) in [6.07, 6.45) is 0. The van der Waals surface area contributed by atoms with E-state index in [9.17, 15) is 5.11 Å². The first-order chi connectivity index (χ1) is 12.1. The lowest BCUT2D eigenvalue weighted by Crippen LogP contribution is -2.40. The summed E-state index contributed by atoms with van der Waals surface area (Å²) in [5.74, 6) is 0.683. The Morgan fingerprint density at radius 1 is 1.19 bits per heavy atom. The van der Waals surface area contributed by atoms with E-state index in [0.717, 1.165) is 17.0 Å². The Morgan fingerprint density at radius 2 is 1.96 bits per heavy atom. The van der Waals surface area contributed by atoms with Crippen molar-refractivity contribution in [3.05, 3.63) is 58.3 Å². The highest BCUT2D eigenvalue weighted by molar-refractivity contribution is 14.0. The molecule has 7 heteroatoms. The number of hydrogen-bond donors (Lipinski definition) is 3. The fourth-order valence-corrected chi connectivity index (χ4v) is 3.02. The molecule has 0 radical (unpaired) electrons. The van der Waals surface area contributed by atoms with Crippen LogP contribution in [0.25, 0.3) is 0 Å². The van der Waals surface area contributed by atoms with E-state index in [4.69, 9.17) is 4.74 Å². The summed E-state index contributed by atoms with van der Waals surface area (Å²) < 4.78 is 5.66. The van der Waals surface area contributed by atoms with E-state index in [0.29, 0.717) is 32.3 Å². The summed E-state index contributed by atoms with van der Waals surface area (Å²) in [6.45, 7) is 6.70. The first kappa shape index (κ1) is 22.9. The Kier molecular flexibility index (Phi) is 10.8. The molecule has 0 bridgehead atoms. The number of guanidine groups is 1. The van der Waals surface area contributed by atoms with Crippen LogP contribution in [0.4, 0.5) is 0 Å². The van der Waals surface area contributed by atoms with Gasteiger partial charge >= 0.3 is 0 Å². The van der Waals surface area contributed by atoms with Crippen molar-refractivity contribution in [2.75, 3.05) is 26.2 Å². The maximum absolute atomic E-state index is 10.6. The van der Waals surface area contributed by atoms with Crippen molar-refractivity contribution in [1.82, 2.24) is 10.6 Å². The molecule has 1 unspecified atom stereocenters. The second-order valence-electron chi connectivity index (χ2n) is 5.91. The smallest absolute Gasteiger partial charge is 0.191 e. The molecule has 5 nitrogen and oxygen atoms in total. The van der Waals surface area contributed by atoms with Crippen molar-refractivity contribution in [2.45, 2.75) is 26.1 Å². The number of nitrogens with one attached hydrogen (secondary N) is 2. The molecule has 0 saturated heterocycles. The molecule has 144 valence electrons. The number of halogens is 1. The molecule has 1 aromatic heterocycles. The minimum Gasteiger partial charge on any atom is -0.383 e. The fourth-order valence-electron chi connectivity index (χ4n) is 2.24. The highest BCUT2D eigenvalue weighted by atomic mass is 127. The topological polar surface area (TPSA) is 65.9 Å². The predicted molar refractivity (Wildman–Crippen MR) is 119 cm³/mol. The van der Waals surface area contributed by atoms with Crippen LogP contribution in [0.3, 0.4) is 0 Å². The summed E-state index contributed by atoms with van der Waals surface area (Å²) in [4.78, 5) is 5.41. The molecule has 1 atom stereocenters. The van der Waals surface area contributed by atoms with Crippen molar-refractivity contribution < 1.29 is 9.84 Å². The number of ether oxygens (including phenoxy) is 1. The Balaban J connectivity index is 0.00000338. The molecular formula is C19H28IN3O2S. The van der Waals surface area contributed by atoms with E-state index in [2.05, 4.69) is 15.6 Å². The van der Waals surface area contributed by atoms with Crippen LogP contribution in [0.2, 0.25) is 0 Å². The molecule has 1 heterocycles. The third-order valence-electron chi connectivity index (χ3n) is 3.59. The van der Waals surface area contributed by atoms with E-state index in [1.807, 2.05) is 54.8 Å². The highest BCUT2D eigenvalue weighted by Crippen LogP contribution is 2.25. The van der Waals surface area contributed by atoms with Crippen LogP contribution < -0.4 is 10.6 Å². The largest absolute Gasteiger partial charge is 0.383 e. The SMILES string of the molecule is CCNC(=NCC(C)(O)c1cccs1)NCCOCc1ccccc1.I. The fraction of sp³-hybridized carbons (Fsp3) is 0.421. The summed E-state index contributed by atoms with van der Waals surface area (Å²) in [5, 5.41) is 18.9. The van der Waals surface area contributed by atoms with Gasteiger partial charge in [-0.3, -0.25) is 0 Å². The van der Waals surface area contributed by atoms with Gasteiger partial charge in [0.15, 0.2) is 5.96 Å². The molecule has 0 aliphatic rings. The van der Waals surface area contributed by atoms with Gasteiger partial charge in [-0.15, -0.1) is 35.3 Å². The van der Waals surface area contributed by atoms with Crippen molar-refractivity contribution in [3.8, 4) is 0 Å². The molecule has 0 aliphatic heterocycles. The summed E-state index contributed by atoms with van der Waals surface area (Å²) in [6, 6.07) is 14.0. The number of rotatable bonds is 9. The van der Waals surface area contributed by atoms with Gasteiger partial charge in [-0.1, -0.05) is 36.4 Å². The zero-order chi connectivity index (χ0) is 18.0. The molecule has 2 rings (SSSR count). The normalized spacial score (nSPS) is 13.6. The number of nitrogens with zero attached hydrogens (tertiary/aromatic N) is 1. The van der Waals surface area contributed by atoms with Crippen LogP contribution in [0.1, 0.15) is 24.3 Å². The van der Waals surface area contributed by atoms with Gasteiger partial charge in [-0.05, 0) is 30.9 Å². The standard InChI is InChI=1S/C19H27N3O2S.HI/c1-3-20-18(22-15-19(2,23)17-10-7-13-25-17)21-11-12-24-14-16-8-5-4-6-9-16;/h4-10,13,23H,3,11-12,14-15H2,1-2H3,(H2,20,21,22);1H. The summed E-state index contributed by atoms with van der Waals surface area (Å²) >= 11 is 1.54. The minimum atomic E-state index is -0.958. The second kappa shape index (κ2) is 12.3. The first-order valence-corrected chi connectivity index (χ1v) is 9.40. The molecule has 2 aromatic rings.